The first-order valence-corrected chi connectivity index (χ1v) is 10.5. The van der Waals surface area contributed by atoms with Gasteiger partial charge in [0.2, 0.25) is 6.79 Å². The minimum absolute atomic E-state index is 0.323. The number of nitrogens with one attached hydrogen (secondary N) is 2. The summed E-state index contributed by atoms with van der Waals surface area (Å²) in [7, 11) is 0. The Kier molecular flexibility index (Phi) is 6.23. The molecule has 1 unspecified atom stereocenters. The van der Waals surface area contributed by atoms with Gasteiger partial charge >= 0.3 is 0 Å². The van der Waals surface area contributed by atoms with Crippen molar-refractivity contribution < 1.29 is 29.1 Å². The number of hydrogen-bond acceptors (Lipinski definition) is 4. The summed E-state index contributed by atoms with van der Waals surface area (Å²) in [4.78, 5) is 3.03. The summed E-state index contributed by atoms with van der Waals surface area (Å²) in [6, 6.07) is 12.4. The highest BCUT2D eigenvalue weighted by atomic mass is 16.7. The zero-order chi connectivity index (χ0) is 20.2. The van der Waals surface area contributed by atoms with Crippen molar-refractivity contribution in [2.45, 2.75) is 26.5 Å². The normalized spacial score (nSPS) is 21.8. The second-order valence-electron chi connectivity index (χ2n) is 8.30. The standard InChI is InChI=1S/C23H30N2O4/c1-17-3-5-21(18(2)11-17)27-15-20(26)14-25-9-7-24(8-10-25)13-19-4-6-22-23(12-19)29-16-28-22/h3-6,11-12,20,26H,7-10,13-16H2,1-2H3/p+2. The van der Waals surface area contributed by atoms with Crippen LogP contribution in [0, 0.1) is 13.8 Å². The molecule has 6 heteroatoms. The third-order valence-electron chi connectivity index (χ3n) is 5.84. The van der Waals surface area contributed by atoms with Crippen LogP contribution >= 0.6 is 0 Å². The summed E-state index contributed by atoms with van der Waals surface area (Å²) in [6.45, 7) is 10.9. The van der Waals surface area contributed by atoms with E-state index >= 15 is 0 Å². The van der Waals surface area contributed by atoms with Crippen molar-refractivity contribution in [3.8, 4) is 17.2 Å². The van der Waals surface area contributed by atoms with E-state index in [-0.39, 0.29) is 0 Å². The smallest absolute Gasteiger partial charge is 0.231 e. The second kappa shape index (κ2) is 9.03. The number of quaternary nitrogens is 2. The molecule has 2 aliphatic rings. The maximum absolute atomic E-state index is 10.4. The maximum atomic E-state index is 10.4. The topological polar surface area (TPSA) is 56.8 Å². The predicted molar refractivity (Wildman–Crippen MR) is 110 cm³/mol. The summed E-state index contributed by atoms with van der Waals surface area (Å²) in [5.74, 6) is 2.57. The number of piperazine rings is 1. The van der Waals surface area contributed by atoms with E-state index in [0.717, 1.165) is 62.1 Å². The fourth-order valence-corrected chi connectivity index (χ4v) is 4.22. The van der Waals surface area contributed by atoms with Crippen molar-refractivity contribution in [2.24, 2.45) is 0 Å². The van der Waals surface area contributed by atoms with E-state index in [1.807, 2.05) is 25.1 Å². The molecule has 2 aliphatic heterocycles. The molecule has 29 heavy (non-hydrogen) atoms. The average molecular weight is 401 g/mol. The molecule has 4 rings (SSSR count). The lowest BCUT2D eigenvalue weighted by Crippen LogP contribution is -3.28. The molecule has 0 aliphatic carbocycles. The quantitative estimate of drug-likeness (QED) is 0.600. The SMILES string of the molecule is Cc1ccc(OCC(O)C[NH+]2CC[NH+](Cc3ccc4c(c3)OCO4)CC2)c(C)c1. The van der Waals surface area contributed by atoms with Gasteiger partial charge in [-0.15, -0.1) is 0 Å². The summed E-state index contributed by atoms with van der Waals surface area (Å²) < 4.78 is 16.7. The Bertz CT molecular complexity index is 834. The fourth-order valence-electron chi connectivity index (χ4n) is 4.22. The van der Waals surface area contributed by atoms with Crippen LogP contribution in [0.4, 0.5) is 0 Å². The third kappa shape index (κ3) is 5.21. The van der Waals surface area contributed by atoms with Crippen LogP contribution < -0.4 is 24.0 Å². The van der Waals surface area contributed by atoms with Gasteiger partial charge in [-0.2, -0.15) is 0 Å². The summed E-state index contributed by atoms with van der Waals surface area (Å²) in [5.41, 5.74) is 3.63. The summed E-state index contributed by atoms with van der Waals surface area (Å²) >= 11 is 0. The second-order valence-corrected chi connectivity index (χ2v) is 8.30. The van der Waals surface area contributed by atoms with E-state index in [2.05, 4.69) is 25.1 Å². The highest BCUT2D eigenvalue weighted by Crippen LogP contribution is 2.32. The molecule has 0 spiro atoms. The Hall–Kier alpha value is -2.28. The van der Waals surface area contributed by atoms with E-state index in [1.165, 1.54) is 16.0 Å². The van der Waals surface area contributed by atoms with E-state index in [9.17, 15) is 5.11 Å². The minimum atomic E-state index is -0.443. The molecule has 3 N–H and O–H groups in total. The molecule has 1 saturated heterocycles. The van der Waals surface area contributed by atoms with Crippen molar-refractivity contribution in [3.05, 3.63) is 53.1 Å². The number of aliphatic hydroxyl groups is 1. The number of fused-ring (bicyclic) bond motifs is 1. The summed E-state index contributed by atoms with van der Waals surface area (Å²) in [6.07, 6.45) is -0.443. The van der Waals surface area contributed by atoms with Crippen molar-refractivity contribution in [2.75, 3.05) is 46.1 Å². The minimum Gasteiger partial charge on any atom is -0.490 e. The molecule has 0 amide bonds. The highest BCUT2D eigenvalue weighted by molar-refractivity contribution is 5.44. The summed E-state index contributed by atoms with van der Waals surface area (Å²) in [5, 5.41) is 10.4. The lowest BCUT2D eigenvalue weighted by molar-refractivity contribution is -1.02. The van der Waals surface area contributed by atoms with Crippen LogP contribution in [0.15, 0.2) is 36.4 Å². The maximum Gasteiger partial charge on any atom is 0.231 e. The van der Waals surface area contributed by atoms with Crippen LogP contribution in [0.1, 0.15) is 16.7 Å². The third-order valence-corrected chi connectivity index (χ3v) is 5.84. The zero-order valence-corrected chi connectivity index (χ0v) is 17.4. The first kappa shape index (κ1) is 20.0. The van der Waals surface area contributed by atoms with Crippen LogP contribution in [-0.4, -0.2) is 57.3 Å². The van der Waals surface area contributed by atoms with Gasteiger partial charge in [0.25, 0.3) is 0 Å². The van der Waals surface area contributed by atoms with Crippen LogP contribution in [0.25, 0.3) is 0 Å². The molecule has 0 aromatic heterocycles. The Morgan fingerprint density at radius 3 is 2.52 bits per heavy atom. The van der Waals surface area contributed by atoms with E-state index in [1.54, 1.807) is 4.90 Å². The molecule has 2 heterocycles. The Balaban J connectivity index is 1.19. The molecule has 2 aromatic carbocycles. The largest absolute Gasteiger partial charge is 0.490 e. The lowest BCUT2D eigenvalue weighted by atomic mass is 10.1. The van der Waals surface area contributed by atoms with E-state index in [0.29, 0.717) is 13.4 Å². The van der Waals surface area contributed by atoms with Crippen LogP contribution in [0.3, 0.4) is 0 Å². The Morgan fingerprint density at radius 1 is 0.966 bits per heavy atom. The van der Waals surface area contributed by atoms with Gasteiger partial charge in [0.05, 0.1) is 0 Å². The van der Waals surface area contributed by atoms with Crippen molar-refractivity contribution in [1.82, 2.24) is 0 Å². The molecular formula is C23H32N2O4+2. The van der Waals surface area contributed by atoms with Crippen molar-refractivity contribution in [3.63, 3.8) is 0 Å². The van der Waals surface area contributed by atoms with Crippen LogP contribution in [0.5, 0.6) is 17.2 Å². The molecule has 2 aromatic rings. The van der Waals surface area contributed by atoms with Gasteiger partial charge in [0.15, 0.2) is 11.5 Å². The van der Waals surface area contributed by atoms with Gasteiger partial charge in [-0.1, -0.05) is 17.7 Å². The highest BCUT2D eigenvalue weighted by Gasteiger charge is 2.26. The monoisotopic (exact) mass is 400 g/mol. The number of rotatable bonds is 7. The molecule has 1 fully saturated rings. The van der Waals surface area contributed by atoms with Gasteiger partial charge in [-0.3, -0.25) is 0 Å². The predicted octanol–water partition coefficient (Wildman–Crippen LogP) is -0.245. The Labute approximate surface area is 172 Å². The molecular weight excluding hydrogens is 368 g/mol. The molecule has 6 nitrogen and oxygen atoms in total. The zero-order valence-electron chi connectivity index (χ0n) is 17.4. The average Bonchev–Trinajstić information content (AvgIpc) is 3.17. The fraction of sp³-hybridized carbons (Fsp3) is 0.478. The van der Waals surface area contributed by atoms with Crippen LogP contribution in [-0.2, 0) is 6.54 Å². The molecule has 0 radical (unpaired) electrons. The van der Waals surface area contributed by atoms with Gasteiger partial charge in [-0.25, -0.2) is 0 Å². The van der Waals surface area contributed by atoms with Gasteiger partial charge in [-0.05, 0) is 43.7 Å². The van der Waals surface area contributed by atoms with E-state index < -0.39 is 6.10 Å². The first-order valence-electron chi connectivity index (χ1n) is 10.5. The molecule has 156 valence electrons. The molecule has 0 bridgehead atoms. The molecule has 0 saturated carbocycles. The number of aryl methyl sites for hydroxylation is 2. The first-order chi connectivity index (χ1) is 14.1. The number of benzene rings is 2. The lowest BCUT2D eigenvalue weighted by Gasteiger charge is -2.30. The van der Waals surface area contributed by atoms with Crippen molar-refractivity contribution >= 4 is 0 Å². The van der Waals surface area contributed by atoms with E-state index in [4.69, 9.17) is 14.2 Å². The van der Waals surface area contributed by atoms with Crippen molar-refractivity contribution in [1.29, 1.82) is 0 Å². The van der Waals surface area contributed by atoms with Gasteiger partial charge in [0, 0.05) is 5.56 Å². The Morgan fingerprint density at radius 2 is 1.72 bits per heavy atom. The number of aliphatic hydroxyl groups excluding tert-OH is 1. The molecule has 1 atom stereocenters. The number of ether oxygens (including phenoxy) is 3. The van der Waals surface area contributed by atoms with Gasteiger partial charge < -0.3 is 29.1 Å². The van der Waals surface area contributed by atoms with Gasteiger partial charge in [0.1, 0.15) is 57.7 Å². The van der Waals surface area contributed by atoms with Crippen LogP contribution in [0.2, 0.25) is 0 Å². The number of hydrogen-bond donors (Lipinski definition) is 3.